The summed E-state index contributed by atoms with van der Waals surface area (Å²) in [4.78, 5) is 11.4. The molecule has 13 heavy (non-hydrogen) atoms. The first-order valence-corrected chi connectivity index (χ1v) is 4.64. The van der Waals surface area contributed by atoms with Gasteiger partial charge in [-0.1, -0.05) is 13.8 Å². The zero-order valence-electron chi connectivity index (χ0n) is 8.64. The van der Waals surface area contributed by atoms with E-state index in [2.05, 4.69) is 13.8 Å². The smallest absolute Gasteiger partial charge is 0.340 e. The lowest BCUT2D eigenvalue weighted by atomic mass is 9.60. The van der Waals surface area contributed by atoms with Gasteiger partial charge in [0.25, 0.3) is 0 Å². The number of rotatable bonds is 1. The van der Waals surface area contributed by atoms with Gasteiger partial charge >= 0.3 is 5.97 Å². The van der Waals surface area contributed by atoms with Crippen molar-refractivity contribution < 1.29 is 14.3 Å². The number of carbonyl (C=O) groups is 1. The zero-order valence-corrected chi connectivity index (χ0v) is 8.64. The van der Waals surface area contributed by atoms with Crippen LogP contribution in [0.4, 0.5) is 0 Å². The van der Waals surface area contributed by atoms with E-state index in [4.69, 9.17) is 9.47 Å². The van der Waals surface area contributed by atoms with Gasteiger partial charge in [-0.2, -0.15) is 0 Å². The Kier molecular flexibility index (Phi) is 1.44. The van der Waals surface area contributed by atoms with Crippen molar-refractivity contribution >= 4 is 5.97 Å². The largest absolute Gasteiger partial charge is 0.467 e. The molecule has 0 aromatic carbocycles. The van der Waals surface area contributed by atoms with Crippen LogP contribution in [0.2, 0.25) is 0 Å². The molecule has 3 nitrogen and oxygen atoms in total. The van der Waals surface area contributed by atoms with Crippen LogP contribution in [-0.2, 0) is 14.3 Å². The Hall–Kier alpha value is -0.570. The molecule has 0 aromatic rings. The fourth-order valence-corrected chi connectivity index (χ4v) is 2.69. The van der Waals surface area contributed by atoms with Crippen LogP contribution in [-0.4, -0.2) is 24.3 Å². The second kappa shape index (κ2) is 2.08. The Morgan fingerprint density at radius 2 is 1.85 bits per heavy atom. The average Bonchev–Trinajstić information content (AvgIpc) is 2.54. The summed E-state index contributed by atoms with van der Waals surface area (Å²) in [5.74, 6) is -0.233. The molecule has 1 heterocycles. The molecule has 0 N–H and O–H groups in total. The van der Waals surface area contributed by atoms with E-state index in [1.165, 1.54) is 7.11 Å². The van der Waals surface area contributed by atoms with Crippen molar-refractivity contribution in [1.29, 1.82) is 0 Å². The highest BCUT2D eigenvalue weighted by Gasteiger charge is 2.78. The Morgan fingerprint density at radius 3 is 2.23 bits per heavy atom. The van der Waals surface area contributed by atoms with E-state index in [1.54, 1.807) is 0 Å². The Morgan fingerprint density at radius 1 is 1.31 bits per heavy atom. The fourth-order valence-electron chi connectivity index (χ4n) is 2.69. The molecule has 1 aliphatic heterocycles. The molecule has 1 aliphatic carbocycles. The summed E-state index contributed by atoms with van der Waals surface area (Å²) in [5, 5.41) is 0. The van der Waals surface area contributed by atoms with Crippen LogP contribution in [0.3, 0.4) is 0 Å². The van der Waals surface area contributed by atoms with E-state index in [9.17, 15) is 4.79 Å². The van der Waals surface area contributed by atoms with Gasteiger partial charge in [0.2, 0.25) is 0 Å². The maximum absolute atomic E-state index is 11.4. The summed E-state index contributed by atoms with van der Waals surface area (Å²) in [7, 11) is 1.41. The second-order valence-corrected chi connectivity index (χ2v) is 5.14. The van der Waals surface area contributed by atoms with Gasteiger partial charge in [-0.05, 0) is 25.2 Å². The molecule has 1 saturated heterocycles. The standard InChI is InChI=1S/C10H16O3/c1-8(2)5-10(6-8)9(3,13-10)7(11)12-4/h5-6H2,1-4H3. The summed E-state index contributed by atoms with van der Waals surface area (Å²) < 4.78 is 10.3. The predicted octanol–water partition coefficient (Wildman–Crippen LogP) is 1.51. The predicted molar refractivity (Wildman–Crippen MR) is 47.3 cm³/mol. The third-order valence-corrected chi connectivity index (χ3v) is 3.33. The van der Waals surface area contributed by atoms with Gasteiger partial charge < -0.3 is 9.47 Å². The highest BCUT2D eigenvalue weighted by Crippen LogP contribution is 2.67. The lowest BCUT2D eigenvalue weighted by Crippen LogP contribution is -2.46. The molecule has 2 aliphatic rings. The number of hydrogen-bond acceptors (Lipinski definition) is 3. The van der Waals surface area contributed by atoms with Crippen molar-refractivity contribution in [1.82, 2.24) is 0 Å². The highest BCUT2D eigenvalue weighted by molar-refractivity contribution is 5.84. The number of epoxide rings is 1. The molecule has 0 aromatic heterocycles. The van der Waals surface area contributed by atoms with Crippen LogP contribution in [0.15, 0.2) is 0 Å². The van der Waals surface area contributed by atoms with Crippen LogP contribution in [0.1, 0.15) is 33.6 Å². The first-order chi connectivity index (χ1) is 5.85. The maximum Gasteiger partial charge on any atom is 0.340 e. The minimum atomic E-state index is -0.655. The van der Waals surface area contributed by atoms with Gasteiger partial charge in [0, 0.05) is 0 Å². The molecule has 1 spiro atoms. The number of hydrogen-bond donors (Lipinski definition) is 0. The van der Waals surface area contributed by atoms with Crippen LogP contribution < -0.4 is 0 Å². The van der Waals surface area contributed by atoms with Gasteiger partial charge in [0.1, 0.15) is 5.60 Å². The van der Waals surface area contributed by atoms with Crippen LogP contribution >= 0.6 is 0 Å². The molecular formula is C10H16O3. The van der Waals surface area contributed by atoms with E-state index in [0.29, 0.717) is 5.41 Å². The summed E-state index contributed by atoms with van der Waals surface area (Å²) in [5.41, 5.74) is -0.521. The Bertz CT molecular complexity index is 261. The van der Waals surface area contributed by atoms with Crippen molar-refractivity contribution in [3.63, 3.8) is 0 Å². The third kappa shape index (κ3) is 0.966. The van der Waals surface area contributed by atoms with Gasteiger partial charge in [-0.3, -0.25) is 0 Å². The summed E-state index contributed by atoms with van der Waals surface area (Å²) in [6, 6.07) is 0. The van der Waals surface area contributed by atoms with E-state index < -0.39 is 5.60 Å². The van der Waals surface area contributed by atoms with E-state index >= 15 is 0 Å². The molecule has 74 valence electrons. The number of esters is 1. The number of carbonyl (C=O) groups excluding carboxylic acids is 1. The van der Waals surface area contributed by atoms with Crippen molar-refractivity contribution in [3.8, 4) is 0 Å². The highest BCUT2D eigenvalue weighted by atomic mass is 16.7. The lowest BCUT2D eigenvalue weighted by molar-refractivity contribution is -0.146. The van der Waals surface area contributed by atoms with Crippen molar-refractivity contribution in [3.05, 3.63) is 0 Å². The molecule has 0 radical (unpaired) electrons. The summed E-state index contributed by atoms with van der Waals surface area (Å²) in [6.07, 6.45) is 1.93. The Labute approximate surface area is 78.4 Å². The molecule has 1 unspecified atom stereocenters. The first-order valence-electron chi connectivity index (χ1n) is 4.64. The Balaban J connectivity index is 2.07. The summed E-state index contributed by atoms with van der Waals surface area (Å²) >= 11 is 0. The van der Waals surface area contributed by atoms with Gasteiger partial charge in [-0.15, -0.1) is 0 Å². The maximum atomic E-state index is 11.4. The third-order valence-electron chi connectivity index (χ3n) is 3.33. The molecular weight excluding hydrogens is 168 g/mol. The zero-order chi connectivity index (χ0) is 9.91. The molecule has 1 atom stereocenters. The monoisotopic (exact) mass is 184 g/mol. The SMILES string of the molecule is COC(=O)C1(C)OC12CC(C)(C)C2. The lowest BCUT2D eigenvalue weighted by Gasteiger charge is -2.41. The number of ether oxygens (including phenoxy) is 2. The molecule has 2 rings (SSSR count). The molecule has 3 heteroatoms. The van der Waals surface area contributed by atoms with Crippen LogP contribution in [0, 0.1) is 5.41 Å². The fraction of sp³-hybridized carbons (Fsp3) is 0.900. The minimum Gasteiger partial charge on any atom is -0.467 e. The molecule has 0 amide bonds. The normalized spacial score (nSPS) is 38.2. The molecule has 0 bridgehead atoms. The molecule has 1 saturated carbocycles. The minimum absolute atomic E-state index is 0.191. The van der Waals surface area contributed by atoms with Gasteiger partial charge in [0.05, 0.1) is 7.11 Å². The van der Waals surface area contributed by atoms with E-state index in [1.807, 2.05) is 6.92 Å². The van der Waals surface area contributed by atoms with Crippen molar-refractivity contribution in [2.24, 2.45) is 5.41 Å². The van der Waals surface area contributed by atoms with Crippen LogP contribution in [0.5, 0.6) is 0 Å². The van der Waals surface area contributed by atoms with Crippen molar-refractivity contribution in [2.75, 3.05) is 7.11 Å². The van der Waals surface area contributed by atoms with Crippen molar-refractivity contribution in [2.45, 2.75) is 44.8 Å². The number of methoxy groups -OCH3 is 1. The van der Waals surface area contributed by atoms with Gasteiger partial charge in [-0.25, -0.2) is 4.79 Å². The van der Waals surface area contributed by atoms with Gasteiger partial charge in [0.15, 0.2) is 5.60 Å². The average molecular weight is 184 g/mol. The summed E-state index contributed by atoms with van der Waals surface area (Å²) in [6.45, 7) is 6.21. The first kappa shape index (κ1) is 9.00. The van der Waals surface area contributed by atoms with E-state index in [0.717, 1.165) is 12.8 Å². The second-order valence-electron chi connectivity index (χ2n) is 5.14. The quantitative estimate of drug-likeness (QED) is 0.458. The van der Waals surface area contributed by atoms with Crippen LogP contribution in [0.25, 0.3) is 0 Å². The topological polar surface area (TPSA) is 38.8 Å². The molecule has 2 fully saturated rings. The van der Waals surface area contributed by atoms with E-state index in [-0.39, 0.29) is 11.6 Å².